The fraction of sp³-hybridized carbons (Fsp3) is 0.455. The summed E-state index contributed by atoms with van der Waals surface area (Å²) in [5.74, 6) is 5.58. The molecule has 4 N–H and O–H groups in total. The first-order chi connectivity index (χ1) is 8.56. The molecule has 0 saturated heterocycles. The van der Waals surface area contributed by atoms with Crippen LogP contribution < -0.4 is 16.6 Å². The Balaban J connectivity index is 2.75. The molecule has 0 saturated carbocycles. The van der Waals surface area contributed by atoms with E-state index < -0.39 is 4.92 Å². The molecule has 1 unspecified atom stereocenters. The number of non-ortho nitro benzene ring substituents is 1. The van der Waals surface area contributed by atoms with Gasteiger partial charge in [0.2, 0.25) is 0 Å². The van der Waals surface area contributed by atoms with Crippen LogP contribution >= 0.6 is 0 Å². The highest BCUT2D eigenvalue weighted by molar-refractivity contribution is 5.63. The number of benzene rings is 1. The van der Waals surface area contributed by atoms with Gasteiger partial charge in [-0.1, -0.05) is 6.92 Å². The van der Waals surface area contributed by atoms with Gasteiger partial charge in [-0.3, -0.25) is 16.0 Å². The monoisotopic (exact) mass is 254 g/mol. The molecule has 100 valence electrons. The Bertz CT molecular complexity index is 411. The molecule has 0 bridgehead atoms. The second-order valence-electron chi connectivity index (χ2n) is 4.11. The average Bonchev–Trinajstić information content (AvgIpc) is 2.36. The lowest BCUT2D eigenvalue weighted by atomic mass is 10.2. The zero-order valence-corrected chi connectivity index (χ0v) is 10.5. The number of nitrogens with zero attached hydrogens (tertiary/aromatic N) is 1. The number of anilines is 2. The second-order valence-corrected chi connectivity index (χ2v) is 4.11. The SMILES string of the molecule is COCC(C)CNc1cc(NN)cc([N+](=O)[O-])c1. The van der Waals surface area contributed by atoms with E-state index in [1.54, 1.807) is 13.2 Å². The highest BCUT2D eigenvalue weighted by Gasteiger charge is 2.10. The molecule has 0 aliphatic heterocycles. The number of hydrazine groups is 1. The van der Waals surface area contributed by atoms with Crippen LogP contribution in [0.4, 0.5) is 17.1 Å². The lowest BCUT2D eigenvalue weighted by Gasteiger charge is -2.13. The van der Waals surface area contributed by atoms with Crippen molar-refractivity contribution < 1.29 is 9.66 Å². The highest BCUT2D eigenvalue weighted by atomic mass is 16.6. The topological polar surface area (TPSA) is 102 Å². The molecule has 0 heterocycles. The van der Waals surface area contributed by atoms with Crippen molar-refractivity contribution in [1.29, 1.82) is 0 Å². The number of nitro groups is 1. The maximum Gasteiger partial charge on any atom is 0.273 e. The molecule has 0 radical (unpaired) electrons. The third-order valence-electron chi connectivity index (χ3n) is 2.40. The molecule has 0 aliphatic rings. The summed E-state index contributed by atoms with van der Waals surface area (Å²) in [6.07, 6.45) is 0. The summed E-state index contributed by atoms with van der Waals surface area (Å²) in [5, 5.41) is 13.9. The van der Waals surface area contributed by atoms with E-state index in [1.807, 2.05) is 6.92 Å². The molecule has 0 spiro atoms. The van der Waals surface area contributed by atoms with Gasteiger partial charge in [0, 0.05) is 31.5 Å². The number of nitrogen functional groups attached to an aromatic ring is 1. The minimum atomic E-state index is -0.454. The fourth-order valence-electron chi connectivity index (χ4n) is 1.54. The summed E-state index contributed by atoms with van der Waals surface area (Å²) >= 11 is 0. The maximum absolute atomic E-state index is 10.8. The second kappa shape index (κ2) is 6.77. The van der Waals surface area contributed by atoms with Crippen LogP contribution in [0.15, 0.2) is 18.2 Å². The Hall–Kier alpha value is -1.86. The van der Waals surface area contributed by atoms with Gasteiger partial charge in [0.15, 0.2) is 0 Å². The lowest BCUT2D eigenvalue weighted by Crippen LogP contribution is -2.16. The Labute approximate surface area is 105 Å². The quantitative estimate of drug-likeness (QED) is 0.388. The number of rotatable bonds is 7. The fourth-order valence-corrected chi connectivity index (χ4v) is 1.54. The Morgan fingerprint density at radius 2 is 2.11 bits per heavy atom. The molecule has 7 heteroatoms. The van der Waals surface area contributed by atoms with Gasteiger partial charge >= 0.3 is 0 Å². The van der Waals surface area contributed by atoms with Crippen LogP contribution in [0.3, 0.4) is 0 Å². The molecule has 1 aromatic rings. The van der Waals surface area contributed by atoms with Gasteiger partial charge in [0.1, 0.15) is 0 Å². The van der Waals surface area contributed by atoms with Gasteiger partial charge in [0.05, 0.1) is 17.2 Å². The smallest absolute Gasteiger partial charge is 0.273 e. The average molecular weight is 254 g/mol. The molecular weight excluding hydrogens is 236 g/mol. The van der Waals surface area contributed by atoms with Crippen molar-refractivity contribution in [3.63, 3.8) is 0 Å². The number of hydrogen-bond acceptors (Lipinski definition) is 6. The predicted molar refractivity (Wildman–Crippen MR) is 70.4 cm³/mol. The standard InChI is InChI=1S/C11H18N4O3/c1-8(7-18-2)6-13-9-3-10(14-12)5-11(4-9)15(16)17/h3-5,8,13-14H,6-7,12H2,1-2H3. The van der Waals surface area contributed by atoms with Crippen molar-refractivity contribution in [2.75, 3.05) is 31.0 Å². The van der Waals surface area contributed by atoms with Crippen LogP contribution in [-0.2, 0) is 4.74 Å². The molecule has 0 amide bonds. The number of ether oxygens (including phenoxy) is 1. The minimum Gasteiger partial charge on any atom is -0.384 e. The molecule has 0 aliphatic carbocycles. The molecule has 1 atom stereocenters. The Kier molecular flexibility index (Phi) is 5.34. The first-order valence-electron chi connectivity index (χ1n) is 5.55. The number of nitrogens with two attached hydrogens (primary N) is 1. The molecule has 1 rings (SSSR count). The van der Waals surface area contributed by atoms with Gasteiger partial charge in [-0.2, -0.15) is 0 Å². The van der Waals surface area contributed by atoms with E-state index in [0.29, 0.717) is 30.4 Å². The highest BCUT2D eigenvalue weighted by Crippen LogP contribution is 2.23. The van der Waals surface area contributed by atoms with Crippen LogP contribution in [-0.4, -0.2) is 25.2 Å². The summed E-state index contributed by atoms with van der Waals surface area (Å²) < 4.78 is 5.02. The van der Waals surface area contributed by atoms with Gasteiger partial charge < -0.3 is 15.5 Å². The Morgan fingerprint density at radius 3 is 2.67 bits per heavy atom. The summed E-state index contributed by atoms with van der Waals surface area (Å²) in [7, 11) is 1.64. The maximum atomic E-state index is 10.8. The van der Waals surface area contributed by atoms with Gasteiger partial charge in [-0.05, 0) is 12.0 Å². The number of methoxy groups -OCH3 is 1. The van der Waals surface area contributed by atoms with Crippen LogP contribution in [0.5, 0.6) is 0 Å². The van der Waals surface area contributed by atoms with E-state index in [2.05, 4.69) is 10.7 Å². The number of hydrogen-bond donors (Lipinski definition) is 3. The summed E-state index contributed by atoms with van der Waals surface area (Å²) in [5.41, 5.74) is 3.54. The van der Waals surface area contributed by atoms with Crippen LogP contribution in [0.2, 0.25) is 0 Å². The number of nitro benzene ring substituents is 1. The predicted octanol–water partition coefficient (Wildman–Crippen LogP) is 1.57. The Morgan fingerprint density at radius 1 is 1.44 bits per heavy atom. The first-order valence-corrected chi connectivity index (χ1v) is 5.55. The van der Waals surface area contributed by atoms with Gasteiger partial charge in [-0.15, -0.1) is 0 Å². The molecule has 1 aromatic carbocycles. The lowest BCUT2D eigenvalue weighted by molar-refractivity contribution is -0.384. The van der Waals surface area contributed by atoms with E-state index in [0.717, 1.165) is 0 Å². The summed E-state index contributed by atoms with van der Waals surface area (Å²) in [6.45, 7) is 3.32. The van der Waals surface area contributed by atoms with E-state index in [4.69, 9.17) is 10.6 Å². The summed E-state index contributed by atoms with van der Waals surface area (Å²) in [4.78, 5) is 10.3. The third kappa shape index (κ3) is 4.19. The van der Waals surface area contributed by atoms with E-state index in [-0.39, 0.29) is 5.69 Å². The van der Waals surface area contributed by atoms with Crippen LogP contribution in [0.25, 0.3) is 0 Å². The van der Waals surface area contributed by atoms with E-state index >= 15 is 0 Å². The molecule has 0 aromatic heterocycles. The molecule has 18 heavy (non-hydrogen) atoms. The van der Waals surface area contributed by atoms with E-state index in [1.165, 1.54) is 12.1 Å². The minimum absolute atomic E-state index is 0.00709. The van der Waals surface area contributed by atoms with Crippen molar-refractivity contribution in [2.24, 2.45) is 11.8 Å². The third-order valence-corrected chi connectivity index (χ3v) is 2.40. The van der Waals surface area contributed by atoms with Crippen LogP contribution in [0, 0.1) is 16.0 Å². The van der Waals surface area contributed by atoms with Crippen molar-refractivity contribution in [3.8, 4) is 0 Å². The number of nitrogens with one attached hydrogen (secondary N) is 2. The van der Waals surface area contributed by atoms with Crippen molar-refractivity contribution in [3.05, 3.63) is 28.3 Å². The summed E-state index contributed by atoms with van der Waals surface area (Å²) in [6, 6.07) is 4.57. The van der Waals surface area contributed by atoms with Crippen molar-refractivity contribution in [2.45, 2.75) is 6.92 Å². The zero-order chi connectivity index (χ0) is 13.5. The van der Waals surface area contributed by atoms with E-state index in [9.17, 15) is 10.1 Å². The van der Waals surface area contributed by atoms with Gasteiger partial charge in [0.25, 0.3) is 5.69 Å². The normalized spacial score (nSPS) is 11.9. The molecule has 7 nitrogen and oxygen atoms in total. The zero-order valence-electron chi connectivity index (χ0n) is 10.5. The van der Waals surface area contributed by atoms with Crippen molar-refractivity contribution >= 4 is 17.1 Å². The van der Waals surface area contributed by atoms with Crippen molar-refractivity contribution in [1.82, 2.24) is 0 Å². The van der Waals surface area contributed by atoms with Crippen LogP contribution in [0.1, 0.15) is 6.92 Å². The first kappa shape index (κ1) is 14.2. The molecule has 0 fully saturated rings. The van der Waals surface area contributed by atoms with Gasteiger partial charge in [-0.25, -0.2) is 0 Å². The molecular formula is C11H18N4O3. The largest absolute Gasteiger partial charge is 0.384 e.